The number of pyridine rings is 4. The van der Waals surface area contributed by atoms with E-state index in [1.165, 1.54) is 36.8 Å². The van der Waals surface area contributed by atoms with E-state index in [9.17, 15) is 48.9 Å². The summed E-state index contributed by atoms with van der Waals surface area (Å²) in [5.74, 6) is -6.05. The monoisotopic (exact) mass is 1290 g/mol. The van der Waals surface area contributed by atoms with Gasteiger partial charge in [0.15, 0.2) is 27.9 Å². The first-order valence-electron chi connectivity index (χ1n) is 24.7. The van der Waals surface area contributed by atoms with Crippen LogP contribution in [0.4, 0.5) is 0 Å². The Morgan fingerprint density at radius 1 is 0.614 bits per heavy atom. The Balaban J connectivity index is 0.000000212. The Hall–Kier alpha value is -7.55. The average Bonchev–Trinajstić information content (AvgIpc) is 3.01. The third-order valence-electron chi connectivity index (χ3n) is 12.2. The molecule has 0 bridgehead atoms. The third kappa shape index (κ3) is 17.3. The number of esters is 1. The Morgan fingerprint density at radius 2 is 1.07 bits per heavy atom. The Labute approximate surface area is 520 Å². The molecule has 8 aromatic rings. The van der Waals surface area contributed by atoms with Crippen LogP contribution >= 0.6 is 0 Å². The first kappa shape index (κ1) is 66.3. The number of ether oxygens (including phenoxy) is 3. The van der Waals surface area contributed by atoms with Crippen LogP contribution < -0.4 is 22.2 Å². The van der Waals surface area contributed by atoms with Crippen molar-refractivity contribution in [1.29, 1.82) is 0 Å². The van der Waals surface area contributed by atoms with Crippen molar-refractivity contribution in [1.82, 2.24) is 35.1 Å². The smallest absolute Gasteiger partial charge is 0.354 e. The molecule has 1 amide bonds. The summed E-state index contributed by atoms with van der Waals surface area (Å²) in [6.07, 6.45) is 5.10. The maximum atomic E-state index is 12.6. The second kappa shape index (κ2) is 30.7. The maximum Gasteiger partial charge on any atom is 0.354 e. The number of benzene rings is 1. The van der Waals surface area contributed by atoms with Gasteiger partial charge in [0.05, 0.1) is 80.0 Å². The molecule has 2 aliphatic rings. The molecule has 2 fully saturated rings. The van der Waals surface area contributed by atoms with Crippen LogP contribution in [0.1, 0.15) is 82.3 Å². The molecular weight excluding hydrogens is 1240 g/mol. The number of hydrogen-bond donors (Lipinski definition) is 7. The minimum absolute atomic E-state index is 0. The van der Waals surface area contributed by atoms with E-state index in [4.69, 9.17) is 38.0 Å². The summed E-state index contributed by atoms with van der Waals surface area (Å²) >= 11 is 0. The van der Waals surface area contributed by atoms with Gasteiger partial charge in [-0.25, -0.2) is 35.7 Å². The van der Waals surface area contributed by atoms with Gasteiger partial charge in [-0.05, 0) is 49.9 Å². The van der Waals surface area contributed by atoms with Crippen molar-refractivity contribution in [2.24, 2.45) is 0 Å². The fourth-order valence-electron chi connectivity index (χ4n) is 8.03. The quantitative estimate of drug-likeness (QED) is 0.0695. The van der Waals surface area contributed by atoms with Crippen LogP contribution in [0.2, 0.25) is 0 Å². The Kier molecular flexibility index (Phi) is 24.5. The normalized spacial score (nSPS) is 13.1. The number of carbonyl (C=O) groups is 4. The topological polar surface area (TPSA) is 378 Å². The van der Waals surface area contributed by atoms with Gasteiger partial charge < -0.3 is 63.4 Å². The summed E-state index contributed by atoms with van der Waals surface area (Å²) in [7, 11) is 0. The molecule has 7 aromatic heterocycles. The second-order valence-corrected chi connectivity index (χ2v) is 18.0. The number of amides is 1. The number of aryl methyl sites for hydroxylation is 2. The molecule has 0 saturated carbocycles. The molecule has 0 unspecified atom stereocenters. The van der Waals surface area contributed by atoms with Gasteiger partial charge in [0.2, 0.25) is 0 Å². The standard InChI is InChI=1S/C22H23N3O5.C14H14N2O6.C12H10NO5.C7H7NO3.2Y/c1-14-2-4-15(5-3-14)11-24-21(27)19-20(26)17-10-16(13-25-6-8-29-9-7-25)23-12-18(17)30-22(19)28;17-12-9-5-8(7-16-1-3-21-4-2-16)15-6-10(9)22-14(20)11(12)13(18)19;1-3-17-11(15)9-10(14)7-4-6(2)13-5-8(7)18-12(9)16;1-4-2-5(7(10)11)6(9)3-8-4;;/h2-5,10,12,26H,6-9,11,13H2,1H3,(H,24,27);5-6,17H,1-4,7H2,(H,18,19);4-5,14H,2-3H2,1H3;2-3,9H,1H3,(H,10,11);;/q;;-1;;;. The van der Waals surface area contributed by atoms with E-state index in [2.05, 4.69) is 46.7 Å². The predicted molar refractivity (Wildman–Crippen MR) is 285 cm³/mol. The van der Waals surface area contributed by atoms with Crippen LogP contribution in [-0.4, -0.2) is 143 Å². The minimum Gasteiger partial charge on any atom is -0.508 e. The van der Waals surface area contributed by atoms with Crippen molar-refractivity contribution in [2.75, 3.05) is 59.2 Å². The molecule has 430 valence electrons. The second-order valence-electron chi connectivity index (χ2n) is 18.0. The molecule has 7 N–H and O–H groups in total. The fourth-order valence-corrected chi connectivity index (χ4v) is 8.03. The minimum atomic E-state index is -1.53. The maximum absolute atomic E-state index is 12.6. The molecule has 0 aliphatic carbocycles. The summed E-state index contributed by atoms with van der Waals surface area (Å²) in [5.41, 5.74) is -0.191. The molecule has 83 heavy (non-hydrogen) atoms. The van der Waals surface area contributed by atoms with E-state index in [-0.39, 0.29) is 123 Å². The summed E-state index contributed by atoms with van der Waals surface area (Å²) < 4.78 is 30.3. The number of fused-ring (bicyclic) bond motifs is 3. The molecule has 28 heteroatoms. The average molecular weight is 1290 g/mol. The van der Waals surface area contributed by atoms with Gasteiger partial charge >= 0.3 is 34.8 Å². The predicted octanol–water partition coefficient (Wildman–Crippen LogP) is 4.43. The first-order valence-corrected chi connectivity index (χ1v) is 24.7. The number of carboxylic acid groups (broad SMARTS) is 2. The van der Waals surface area contributed by atoms with Gasteiger partial charge in [-0.2, -0.15) is 6.07 Å². The summed E-state index contributed by atoms with van der Waals surface area (Å²) in [5, 5.41) is 60.4. The number of aromatic carboxylic acids is 2. The number of morpholine rings is 2. The van der Waals surface area contributed by atoms with Crippen molar-refractivity contribution in [3.63, 3.8) is 0 Å². The number of carboxylic acids is 2. The van der Waals surface area contributed by atoms with Gasteiger partial charge in [-0.3, -0.25) is 34.5 Å². The molecule has 0 spiro atoms. The van der Waals surface area contributed by atoms with Gasteiger partial charge in [-0.15, -0.1) is 5.69 Å². The number of nitrogens with one attached hydrogen (secondary N) is 1. The molecule has 26 nitrogen and oxygen atoms in total. The molecular formula is C55H54N7O19Y2-. The summed E-state index contributed by atoms with van der Waals surface area (Å²) in [4.78, 5) is 101. The zero-order chi connectivity index (χ0) is 58.5. The van der Waals surface area contributed by atoms with Crippen LogP contribution in [-0.2, 0) is 99.3 Å². The van der Waals surface area contributed by atoms with Crippen LogP contribution in [0.25, 0.3) is 32.9 Å². The van der Waals surface area contributed by atoms with E-state index in [0.717, 1.165) is 43.5 Å². The number of hydrogen-bond acceptors (Lipinski definition) is 23. The molecule has 10 rings (SSSR count). The SMILES string of the molecule is Cc1cc(C(=O)O)c(O)cn1.Cc1ccc(CNC(=O)c2c(O)c3cc(CN4CCOCC4)ncc3oc2=O)cc1.O=C(O)c1c(O)c2cc(CN3CCOCC3)ncc2oc1=O.[CH2-]c1cc2c(O)c(C(=O)OCC)c(=O)oc2cn1.[Y].[Y]. The van der Waals surface area contributed by atoms with Crippen molar-refractivity contribution in [3.8, 4) is 23.0 Å². The third-order valence-corrected chi connectivity index (χ3v) is 12.2. The molecule has 1 aromatic carbocycles. The van der Waals surface area contributed by atoms with Crippen LogP contribution in [0.15, 0.2) is 101 Å². The number of nitrogens with zero attached hydrogens (tertiary/aromatic N) is 6. The summed E-state index contributed by atoms with van der Waals surface area (Å²) in [6.45, 7) is 16.0. The Bertz CT molecular complexity index is 3830. The largest absolute Gasteiger partial charge is 0.508 e. The van der Waals surface area contributed by atoms with Crippen molar-refractivity contribution < 1.29 is 143 Å². The molecule has 0 atom stereocenters. The molecule has 9 heterocycles. The fraction of sp³-hybridized carbons (Fsp3) is 0.273. The van der Waals surface area contributed by atoms with Gasteiger partial charge in [0.1, 0.15) is 34.1 Å². The molecule has 2 radical (unpaired) electrons. The van der Waals surface area contributed by atoms with E-state index in [1.807, 2.05) is 31.2 Å². The molecule has 2 aliphatic heterocycles. The number of aromatic hydroxyl groups is 4. The van der Waals surface area contributed by atoms with E-state index in [0.29, 0.717) is 62.3 Å². The number of carbonyl (C=O) groups excluding carboxylic acids is 2. The number of aromatic nitrogens is 4. The van der Waals surface area contributed by atoms with Crippen molar-refractivity contribution in [2.45, 2.75) is 40.4 Å². The zero-order valence-electron chi connectivity index (χ0n) is 44.9. The Morgan fingerprint density at radius 3 is 1.55 bits per heavy atom. The van der Waals surface area contributed by atoms with Crippen LogP contribution in [0.5, 0.6) is 23.0 Å². The van der Waals surface area contributed by atoms with E-state index < -0.39 is 74.6 Å². The van der Waals surface area contributed by atoms with Crippen molar-refractivity contribution >= 4 is 56.7 Å². The van der Waals surface area contributed by atoms with E-state index in [1.54, 1.807) is 19.9 Å². The molecule has 2 saturated heterocycles. The zero-order valence-corrected chi connectivity index (χ0v) is 50.6. The van der Waals surface area contributed by atoms with Gasteiger partial charge in [-0.1, -0.05) is 29.8 Å². The summed E-state index contributed by atoms with van der Waals surface area (Å²) in [6, 6.07) is 13.6. The first-order chi connectivity index (χ1) is 38.7. The number of rotatable bonds is 11. The van der Waals surface area contributed by atoms with Crippen LogP contribution in [0, 0.1) is 20.8 Å². The van der Waals surface area contributed by atoms with Gasteiger partial charge in [0.25, 0.3) is 5.91 Å². The van der Waals surface area contributed by atoms with Crippen molar-refractivity contribution in [3.05, 3.63) is 168 Å². The van der Waals surface area contributed by atoms with E-state index >= 15 is 0 Å². The van der Waals surface area contributed by atoms with Crippen LogP contribution in [0.3, 0.4) is 0 Å². The van der Waals surface area contributed by atoms with Gasteiger partial charge in [0, 0.05) is 117 Å².